The molecule has 1 aromatic heterocycles. The first-order valence-corrected chi connectivity index (χ1v) is 9.41. The van der Waals surface area contributed by atoms with Gasteiger partial charge in [-0.25, -0.2) is 0 Å². The molecule has 1 saturated heterocycles. The molecule has 0 atom stereocenters. The lowest BCUT2D eigenvalue weighted by molar-refractivity contribution is -0.117. The van der Waals surface area contributed by atoms with Crippen molar-refractivity contribution in [2.45, 2.75) is 39.0 Å². The van der Waals surface area contributed by atoms with Gasteiger partial charge in [0.25, 0.3) is 0 Å². The average molecular weight is 369 g/mol. The van der Waals surface area contributed by atoms with Crippen molar-refractivity contribution < 1.29 is 14.1 Å². The van der Waals surface area contributed by atoms with Crippen LogP contribution >= 0.6 is 0 Å². The van der Waals surface area contributed by atoms with Crippen LogP contribution in [-0.2, 0) is 10.2 Å². The van der Waals surface area contributed by atoms with Crippen LogP contribution in [0.1, 0.15) is 49.7 Å². The first-order chi connectivity index (χ1) is 12.8. The number of aromatic nitrogens is 1. The van der Waals surface area contributed by atoms with Gasteiger partial charge in [0.15, 0.2) is 5.78 Å². The molecule has 0 spiro atoms. The SMILES string of the molecule is CC(C)(C)c1cc(NC(=O)CN2CCC(C(=O)c3ccccc3)CC2)on1. The van der Waals surface area contributed by atoms with E-state index in [1.807, 2.05) is 51.1 Å². The zero-order chi connectivity index (χ0) is 19.4. The van der Waals surface area contributed by atoms with Crippen LogP contribution in [-0.4, -0.2) is 41.4 Å². The Labute approximate surface area is 159 Å². The van der Waals surface area contributed by atoms with Crippen molar-refractivity contribution >= 4 is 17.6 Å². The highest BCUT2D eigenvalue weighted by Gasteiger charge is 2.27. The molecule has 2 heterocycles. The van der Waals surface area contributed by atoms with Crippen LogP contribution in [0.4, 0.5) is 5.88 Å². The third kappa shape index (κ3) is 5.04. The maximum atomic E-state index is 12.5. The highest BCUT2D eigenvalue weighted by Crippen LogP contribution is 2.24. The number of benzene rings is 1. The molecule has 0 saturated carbocycles. The quantitative estimate of drug-likeness (QED) is 0.817. The second kappa shape index (κ2) is 8.05. The number of Topliss-reactive ketones (excluding diaryl/α,β-unsaturated/α-hetero) is 1. The summed E-state index contributed by atoms with van der Waals surface area (Å²) in [7, 11) is 0. The number of likely N-dealkylation sites (tertiary alicyclic amines) is 1. The Morgan fingerprint density at radius 1 is 1.19 bits per heavy atom. The number of rotatable bonds is 5. The summed E-state index contributed by atoms with van der Waals surface area (Å²) in [5.41, 5.74) is 1.45. The zero-order valence-corrected chi connectivity index (χ0v) is 16.2. The lowest BCUT2D eigenvalue weighted by Crippen LogP contribution is -2.40. The van der Waals surface area contributed by atoms with Gasteiger partial charge in [0, 0.05) is 23.0 Å². The van der Waals surface area contributed by atoms with Crippen molar-refractivity contribution in [3.05, 3.63) is 47.7 Å². The van der Waals surface area contributed by atoms with Crippen molar-refractivity contribution in [3.63, 3.8) is 0 Å². The Kier molecular flexibility index (Phi) is 5.75. The Morgan fingerprint density at radius 2 is 1.85 bits per heavy atom. The first kappa shape index (κ1) is 19.3. The molecule has 0 radical (unpaired) electrons. The fraction of sp³-hybridized carbons (Fsp3) is 0.476. The van der Waals surface area contributed by atoms with Crippen molar-refractivity contribution in [3.8, 4) is 0 Å². The number of carbonyl (C=O) groups excluding carboxylic acids is 2. The maximum absolute atomic E-state index is 12.5. The molecule has 1 aliphatic rings. The summed E-state index contributed by atoms with van der Waals surface area (Å²) >= 11 is 0. The smallest absolute Gasteiger partial charge is 0.240 e. The normalized spacial score (nSPS) is 16.3. The number of hydrogen-bond acceptors (Lipinski definition) is 5. The molecule has 27 heavy (non-hydrogen) atoms. The predicted molar refractivity (Wildman–Crippen MR) is 104 cm³/mol. The van der Waals surface area contributed by atoms with Crippen molar-refractivity contribution in [1.82, 2.24) is 10.1 Å². The number of anilines is 1. The van der Waals surface area contributed by atoms with E-state index in [4.69, 9.17) is 4.52 Å². The number of hydrogen-bond donors (Lipinski definition) is 1. The molecule has 0 unspecified atom stereocenters. The number of nitrogens with zero attached hydrogens (tertiary/aromatic N) is 2. The second-order valence-corrected chi connectivity index (χ2v) is 8.16. The van der Waals surface area contributed by atoms with Crippen LogP contribution < -0.4 is 5.32 Å². The van der Waals surface area contributed by atoms with Gasteiger partial charge in [-0.2, -0.15) is 0 Å². The molecule has 0 bridgehead atoms. The zero-order valence-electron chi connectivity index (χ0n) is 16.2. The van der Waals surface area contributed by atoms with E-state index in [2.05, 4.69) is 15.4 Å². The molecule has 2 aromatic rings. The summed E-state index contributed by atoms with van der Waals surface area (Å²) in [5, 5.41) is 6.77. The van der Waals surface area contributed by atoms with Gasteiger partial charge in [-0.1, -0.05) is 56.3 Å². The fourth-order valence-electron chi connectivity index (χ4n) is 3.26. The minimum atomic E-state index is -0.126. The number of nitrogens with one attached hydrogen (secondary N) is 1. The molecular formula is C21H27N3O3. The summed E-state index contributed by atoms with van der Waals surface area (Å²) < 4.78 is 5.20. The van der Waals surface area contributed by atoms with Gasteiger partial charge in [0.05, 0.1) is 12.2 Å². The van der Waals surface area contributed by atoms with E-state index in [-0.39, 0.29) is 29.6 Å². The van der Waals surface area contributed by atoms with Crippen LogP contribution in [0.15, 0.2) is 40.9 Å². The lowest BCUT2D eigenvalue weighted by Gasteiger charge is -2.30. The van der Waals surface area contributed by atoms with E-state index >= 15 is 0 Å². The number of ketones is 1. The van der Waals surface area contributed by atoms with Gasteiger partial charge in [0.2, 0.25) is 11.8 Å². The molecule has 1 amide bonds. The van der Waals surface area contributed by atoms with E-state index in [1.165, 1.54) is 0 Å². The standard InChI is InChI=1S/C21H27N3O3/c1-21(2,3)17-13-19(27-23-17)22-18(25)14-24-11-9-16(10-12-24)20(26)15-7-5-4-6-8-15/h4-8,13,16H,9-12,14H2,1-3H3,(H,22,25). The molecule has 6 nitrogen and oxygen atoms in total. The summed E-state index contributed by atoms with van der Waals surface area (Å²) in [4.78, 5) is 26.9. The molecule has 1 N–H and O–H groups in total. The van der Waals surface area contributed by atoms with Crippen molar-refractivity contribution in [2.24, 2.45) is 5.92 Å². The van der Waals surface area contributed by atoms with Crippen LogP contribution in [0.5, 0.6) is 0 Å². The van der Waals surface area contributed by atoms with Crippen LogP contribution in [0.3, 0.4) is 0 Å². The van der Waals surface area contributed by atoms with Crippen LogP contribution in [0.25, 0.3) is 0 Å². The first-order valence-electron chi connectivity index (χ1n) is 9.41. The largest absolute Gasteiger partial charge is 0.338 e. The summed E-state index contributed by atoms with van der Waals surface area (Å²) in [6, 6.07) is 11.2. The molecule has 3 rings (SSSR count). The van der Waals surface area contributed by atoms with Gasteiger partial charge >= 0.3 is 0 Å². The van der Waals surface area contributed by atoms with Crippen molar-refractivity contribution in [2.75, 3.05) is 25.0 Å². The van der Waals surface area contributed by atoms with E-state index in [0.717, 1.165) is 37.2 Å². The Morgan fingerprint density at radius 3 is 2.44 bits per heavy atom. The lowest BCUT2D eigenvalue weighted by atomic mass is 9.89. The summed E-state index contributed by atoms with van der Waals surface area (Å²) in [6.07, 6.45) is 1.55. The highest BCUT2D eigenvalue weighted by molar-refractivity contribution is 5.97. The maximum Gasteiger partial charge on any atom is 0.240 e. The summed E-state index contributed by atoms with van der Waals surface area (Å²) in [5.74, 6) is 0.491. The number of amides is 1. The average Bonchev–Trinajstić information content (AvgIpc) is 3.11. The molecule has 1 aromatic carbocycles. The third-order valence-corrected chi connectivity index (χ3v) is 4.93. The number of piperidine rings is 1. The minimum absolute atomic E-state index is 0.0373. The fourth-order valence-corrected chi connectivity index (χ4v) is 3.26. The van der Waals surface area contributed by atoms with Crippen LogP contribution in [0, 0.1) is 5.92 Å². The van der Waals surface area contributed by atoms with Gasteiger partial charge in [-0.15, -0.1) is 0 Å². The van der Waals surface area contributed by atoms with Crippen LogP contribution in [0.2, 0.25) is 0 Å². The Hall–Kier alpha value is -2.47. The molecular weight excluding hydrogens is 342 g/mol. The summed E-state index contributed by atoms with van der Waals surface area (Å²) in [6.45, 7) is 7.88. The van der Waals surface area contributed by atoms with Gasteiger partial charge < -0.3 is 4.52 Å². The molecule has 144 valence electrons. The predicted octanol–water partition coefficient (Wildman–Crippen LogP) is 3.51. The van der Waals surface area contributed by atoms with Gasteiger partial charge in [0.1, 0.15) is 0 Å². The third-order valence-electron chi connectivity index (χ3n) is 4.93. The molecule has 0 aliphatic carbocycles. The monoisotopic (exact) mass is 369 g/mol. The highest BCUT2D eigenvalue weighted by atomic mass is 16.5. The van der Waals surface area contributed by atoms with E-state index in [9.17, 15) is 9.59 Å². The molecule has 6 heteroatoms. The Balaban J connectivity index is 1.47. The number of carbonyl (C=O) groups is 2. The van der Waals surface area contributed by atoms with Crippen molar-refractivity contribution in [1.29, 1.82) is 0 Å². The van der Waals surface area contributed by atoms with Gasteiger partial charge in [-0.3, -0.25) is 19.8 Å². The van der Waals surface area contributed by atoms with E-state index in [0.29, 0.717) is 5.88 Å². The second-order valence-electron chi connectivity index (χ2n) is 8.16. The van der Waals surface area contributed by atoms with E-state index < -0.39 is 0 Å². The van der Waals surface area contributed by atoms with E-state index in [1.54, 1.807) is 6.07 Å². The molecule has 1 fully saturated rings. The Bertz CT molecular complexity index is 785. The topological polar surface area (TPSA) is 75.4 Å². The molecule has 1 aliphatic heterocycles. The van der Waals surface area contributed by atoms with Gasteiger partial charge in [-0.05, 0) is 25.9 Å². The minimum Gasteiger partial charge on any atom is -0.338 e.